The highest BCUT2D eigenvalue weighted by atomic mass is 32.1. The fourth-order valence-electron chi connectivity index (χ4n) is 3.46. The highest BCUT2D eigenvalue weighted by Gasteiger charge is 2.33. The van der Waals surface area contributed by atoms with Gasteiger partial charge in [0.05, 0.1) is 4.88 Å². The fraction of sp³-hybridized carbons (Fsp3) is 0.722. The average molecular weight is 323 g/mol. The van der Waals surface area contributed by atoms with Crippen LogP contribution >= 0.6 is 11.3 Å². The first-order valence-corrected chi connectivity index (χ1v) is 9.31. The van der Waals surface area contributed by atoms with Crippen LogP contribution in [-0.4, -0.2) is 36.0 Å². The summed E-state index contributed by atoms with van der Waals surface area (Å²) in [5, 5.41) is 5.16. The summed E-state index contributed by atoms with van der Waals surface area (Å²) in [6, 6.07) is 2.05. The van der Waals surface area contributed by atoms with E-state index >= 15 is 0 Å². The van der Waals surface area contributed by atoms with Gasteiger partial charge in [-0.25, -0.2) is 0 Å². The van der Waals surface area contributed by atoms with Crippen LogP contribution in [0.4, 0.5) is 0 Å². The molecule has 0 spiro atoms. The highest BCUT2D eigenvalue weighted by Crippen LogP contribution is 2.27. The molecule has 1 saturated heterocycles. The van der Waals surface area contributed by atoms with E-state index in [0.29, 0.717) is 6.54 Å². The zero-order chi connectivity index (χ0) is 16.3. The van der Waals surface area contributed by atoms with Crippen molar-refractivity contribution in [2.75, 3.05) is 19.6 Å². The number of piperidine rings is 1. The summed E-state index contributed by atoms with van der Waals surface area (Å²) in [5.41, 5.74) is 1.16. The molecule has 0 bridgehead atoms. The highest BCUT2D eigenvalue weighted by molar-refractivity contribution is 7.12. The topological polar surface area (TPSA) is 32.3 Å². The molecule has 1 aliphatic heterocycles. The third-order valence-electron chi connectivity index (χ3n) is 4.74. The number of nitrogens with one attached hydrogen (secondary N) is 1. The second kappa shape index (κ2) is 7.14. The molecule has 1 aromatic heterocycles. The van der Waals surface area contributed by atoms with Crippen LogP contribution in [0.2, 0.25) is 0 Å². The first-order chi connectivity index (χ1) is 10.3. The van der Waals surface area contributed by atoms with Gasteiger partial charge in [0, 0.05) is 25.2 Å². The molecule has 0 radical (unpaired) electrons. The maximum absolute atomic E-state index is 12.4. The second-order valence-electron chi connectivity index (χ2n) is 7.47. The Morgan fingerprint density at radius 2 is 2.00 bits per heavy atom. The van der Waals surface area contributed by atoms with Crippen molar-refractivity contribution in [1.82, 2.24) is 10.2 Å². The molecule has 1 fully saturated rings. The first kappa shape index (κ1) is 17.5. The van der Waals surface area contributed by atoms with Crippen molar-refractivity contribution in [3.8, 4) is 0 Å². The lowest BCUT2D eigenvalue weighted by Gasteiger charge is -2.45. The molecule has 0 saturated carbocycles. The monoisotopic (exact) mass is 322 g/mol. The van der Waals surface area contributed by atoms with Crippen LogP contribution in [0.25, 0.3) is 0 Å². The van der Waals surface area contributed by atoms with Gasteiger partial charge in [-0.05, 0) is 55.5 Å². The summed E-state index contributed by atoms with van der Waals surface area (Å²) in [4.78, 5) is 15.8. The predicted octanol–water partition coefficient (Wildman–Crippen LogP) is 3.80. The van der Waals surface area contributed by atoms with Crippen molar-refractivity contribution in [3.05, 3.63) is 21.9 Å². The van der Waals surface area contributed by atoms with Crippen LogP contribution in [0.5, 0.6) is 0 Å². The maximum Gasteiger partial charge on any atom is 0.261 e. The Bertz CT molecular complexity index is 499. The zero-order valence-corrected chi connectivity index (χ0v) is 15.4. The molecular formula is C18H30N2OS. The van der Waals surface area contributed by atoms with Crippen molar-refractivity contribution in [2.24, 2.45) is 11.8 Å². The minimum absolute atomic E-state index is 0.00222. The van der Waals surface area contributed by atoms with E-state index < -0.39 is 0 Å². The Morgan fingerprint density at radius 3 is 2.59 bits per heavy atom. The van der Waals surface area contributed by atoms with E-state index in [1.54, 1.807) is 11.3 Å². The molecule has 0 unspecified atom stereocenters. The van der Waals surface area contributed by atoms with E-state index in [1.165, 1.54) is 6.42 Å². The summed E-state index contributed by atoms with van der Waals surface area (Å²) >= 11 is 1.54. The van der Waals surface area contributed by atoms with E-state index in [1.807, 2.05) is 5.38 Å². The molecule has 2 heterocycles. The van der Waals surface area contributed by atoms with Crippen LogP contribution in [-0.2, 0) is 6.42 Å². The minimum Gasteiger partial charge on any atom is -0.349 e. The van der Waals surface area contributed by atoms with Gasteiger partial charge in [0.15, 0.2) is 0 Å². The van der Waals surface area contributed by atoms with E-state index in [0.717, 1.165) is 41.8 Å². The van der Waals surface area contributed by atoms with E-state index in [9.17, 15) is 4.79 Å². The van der Waals surface area contributed by atoms with Gasteiger partial charge in [-0.2, -0.15) is 0 Å². The Balaban J connectivity index is 1.96. The summed E-state index contributed by atoms with van der Waals surface area (Å²) in [6.45, 7) is 14.2. The van der Waals surface area contributed by atoms with Crippen LogP contribution in [0, 0.1) is 11.8 Å². The zero-order valence-electron chi connectivity index (χ0n) is 14.6. The lowest BCUT2D eigenvalue weighted by Crippen LogP contribution is -2.56. The number of hydrogen-bond donors (Lipinski definition) is 1. The van der Waals surface area contributed by atoms with Crippen LogP contribution in [0.15, 0.2) is 11.4 Å². The van der Waals surface area contributed by atoms with Crippen molar-refractivity contribution >= 4 is 17.2 Å². The predicted molar refractivity (Wildman–Crippen MR) is 94.6 cm³/mol. The first-order valence-electron chi connectivity index (χ1n) is 8.43. The number of thiophene rings is 1. The molecule has 3 nitrogen and oxygen atoms in total. The van der Waals surface area contributed by atoms with Gasteiger partial charge in [-0.15, -0.1) is 11.3 Å². The summed E-state index contributed by atoms with van der Waals surface area (Å²) in [6.07, 6.45) is 2.23. The molecule has 124 valence electrons. The molecule has 4 heteroatoms. The van der Waals surface area contributed by atoms with Crippen LogP contribution < -0.4 is 5.32 Å². The lowest BCUT2D eigenvalue weighted by atomic mass is 9.88. The third kappa shape index (κ3) is 4.11. The number of likely N-dealkylation sites (tertiary alicyclic amines) is 1. The largest absolute Gasteiger partial charge is 0.349 e. The van der Waals surface area contributed by atoms with E-state index in [-0.39, 0.29) is 11.4 Å². The number of nitrogens with zero attached hydrogens (tertiary/aromatic N) is 1. The Hall–Kier alpha value is -0.870. The molecule has 1 aliphatic rings. The van der Waals surface area contributed by atoms with Gasteiger partial charge in [0.25, 0.3) is 5.91 Å². The number of carbonyl (C=O) groups is 1. The Labute approximate surface area is 139 Å². The number of aryl methyl sites for hydroxylation is 1. The van der Waals surface area contributed by atoms with Crippen molar-refractivity contribution in [3.63, 3.8) is 0 Å². The smallest absolute Gasteiger partial charge is 0.261 e. The van der Waals surface area contributed by atoms with Gasteiger partial charge in [-0.3, -0.25) is 9.69 Å². The minimum atomic E-state index is 0.00222. The molecule has 1 N–H and O–H groups in total. The van der Waals surface area contributed by atoms with Crippen molar-refractivity contribution in [1.29, 1.82) is 0 Å². The van der Waals surface area contributed by atoms with Crippen molar-refractivity contribution < 1.29 is 4.79 Å². The molecule has 1 amide bonds. The SMILES string of the molecule is CCc1ccsc1C(=O)NCC(C)(C)N1C[C@H](C)C[C@H](C)C1. The van der Waals surface area contributed by atoms with E-state index in [2.05, 4.69) is 50.9 Å². The Kier molecular flexibility index (Phi) is 5.67. The quantitative estimate of drug-likeness (QED) is 0.894. The average Bonchev–Trinajstić information content (AvgIpc) is 2.92. The third-order valence-corrected chi connectivity index (χ3v) is 5.70. The lowest BCUT2D eigenvalue weighted by molar-refractivity contribution is 0.0445. The molecule has 0 aliphatic carbocycles. The summed E-state index contributed by atoms with van der Waals surface area (Å²) in [5.74, 6) is 1.56. The van der Waals surface area contributed by atoms with Gasteiger partial charge in [-0.1, -0.05) is 20.8 Å². The fourth-order valence-corrected chi connectivity index (χ4v) is 4.37. The number of hydrogen-bond acceptors (Lipinski definition) is 3. The number of rotatable bonds is 5. The molecular weight excluding hydrogens is 292 g/mol. The second-order valence-corrected chi connectivity index (χ2v) is 8.39. The normalized spacial score (nSPS) is 23.5. The molecule has 22 heavy (non-hydrogen) atoms. The maximum atomic E-state index is 12.4. The summed E-state index contributed by atoms with van der Waals surface area (Å²) in [7, 11) is 0. The molecule has 2 atom stereocenters. The molecule has 1 aromatic rings. The molecule has 2 rings (SSSR count). The van der Waals surface area contributed by atoms with Gasteiger partial charge >= 0.3 is 0 Å². The standard InChI is InChI=1S/C18H30N2OS/c1-6-15-7-8-22-16(15)17(21)19-12-18(4,5)20-10-13(2)9-14(3)11-20/h7-8,13-14H,6,9-12H2,1-5H3,(H,19,21)/t13-,14+. The van der Waals surface area contributed by atoms with E-state index in [4.69, 9.17) is 0 Å². The Morgan fingerprint density at radius 1 is 1.36 bits per heavy atom. The van der Waals surface area contributed by atoms with Crippen LogP contribution in [0.3, 0.4) is 0 Å². The number of amides is 1. The summed E-state index contributed by atoms with van der Waals surface area (Å²) < 4.78 is 0. The van der Waals surface area contributed by atoms with Crippen LogP contribution in [0.1, 0.15) is 56.3 Å². The molecule has 0 aromatic carbocycles. The van der Waals surface area contributed by atoms with Gasteiger partial charge in [0.1, 0.15) is 0 Å². The number of carbonyl (C=O) groups excluding carboxylic acids is 1. The van der Waals surface area contributed by atoms with Crippen molar-refractivity contribution in [2.45, 2.75) is 53.0 Å². The van der Waals surface area contributed by atoms with Gasteiger partial charge < -0.3 is 5.32 Å². The van der Waals surface area contributed by atoms with Gasteiger partial charge in [0.2, 0.25) is 0 Å².